The van der Waals surface area contributed by atoms with E-state index < -0.39 is 17.6 Å². The summed E-state index contributed by atoms with van der Waals surface area (Å²) in [6.45, 7) is 8.04. The maximum Gasteiger partial charge on any atom is 0.231 e. The molecule has 0 radical (unpaired) electrons. The van der Waals surface area contributed by atoms with Gasteiger partial charge in [-0.05, 0) is 54.7 Å². The minimum Gasteiger partial charge on any atom is -0.393 e. The van der Waals surface area contributed by atoms with E-state index in [4.69, 9.17) is 0 Å². The molecule has 0 saturated heterocycles. The van der Waals surface area contributed by atoms with Gasteiger partial charge in [0, 0.05) is 5.69 Å². The van der Waals surface area contributed by atoms with Crippen molar-refractivity contribution in [1.82, 2.24) is 0 Å². The van der Waals surface area contributed by atoms with E-state index in [1.165, 1.54) is 0 Å². The summed E-state index contributed by atoms with van der Waals surface area (Å²) >= 11 is 0. The topological polar surface area (TPSA) is 69.6 Å². The largest absolute Gasteiger partial charge is 0.393 e. The van der Waals surface area contributed by atoms with Crippen LogP contribution in [0.25, 0.3) is 0 Å². The molecule has 0 aromatic heterocycles. The monoisotopic (exact) mass is 317 g/mol. The Morgan fingerprint density at radius 2 is 2.00 bits per heavy atom. The molecule has 126 valence electrons. The van der Waals surface area contributed by atoms with Crippen molar-refractivity contribution >= 4 is 11.6 Å². The average molecular weight is 317 g/mol. The van der Waals surface area contributed by atoms with E-state index in [0.29, 0.717) is 12.1 Å². The lowest BCUT2D eigenvalue weighted by molar-refractivity contribution is -0.130. The van der Waals surface area contributed by atoms with Crippen molar-refractivity contribution in [1.29, 1.82) is 0 Å². The van der Waals surface area contributed by atoms with Crippen molar-refractivity contribution in [2.75, 3.05) is 5.32 Å². The van der Waals surface area contributed by atoms with Crippen molar-refractivity contribution in [2.45, 2.75) is 59.2 Å². The molecule has 2 bridgehead atoms. The molecule has 0 spiro atoms. The summed E-state index contributed by atoms with van der Waals surface area (Å²) in [7, 11) is 0. The number of nitrogens with one attached hydrogen (secondary N) is 1. The molecule has 4 unspecified atom stereocenters. The lowest BCUT2D eigenvalue weighted by atomic mass is 9.64. The number of aliphatic hydroxyl groups is 2. The second-order valence-electron chi connectivity index (χ2n) is 8.10. The molecule has 0 aliphatic heterocycles. The molecule has 1 aromatic rings. The maximum atomic E-state index is 13.1. The number of carbonyl (C=O) groups is 1. The van der Waals surface area contributed by atoms with Gasteiger partial charge in [-0.2, -0.15) is 0 Å². The Balaban J connectivity index is 1.88. The van der Waals surface area contributed by atoms with Gasteiger partial charge in [-0.3, -0.25) is 4.79 Å². The molecular formula is C19H27NO3. The molecule has 2 fully saturated rings. The highest BCUT2D eigenvalue weighted by Gasteiger charge is 2.72. The van der Waals surface area contributed by atoms with E-state index >= 15 is 0 Å². The first-order chi connectivity index (χ1) is 10.6. The first-order valence-electron chi connectivity index (χ1n) is 8.42. The molecule has 4 heteroatoms. The lowest BCUT2D eigenvalue weighted by Crippen LogP contribution is -2.43. The predicted molar refractivity (Wildman–Crippen MR) is 89.9 cm³/mol. The molecule has 3 rings (SSSR count). The quantitative estimate of drug-likeness (QED) is 0.801. The number of anilines is 1. The molecule has 0 heterocycles. The van der Waals surface area contributed by atoms with E-state index in [-0.39, 0.29) is 16.7 Å². The first-order valence-corrected chi connectivity index (χ1v) is 8.42. The van der Waals surface area contributed by atoms with Gasteiger partial charge in [0.05, 0.1) is 17.6 Å². The Morgan fingerprint density at radius 1 is 1.30 bits per heavy atom. The van der Waals surface area contributed by atoms with Crippen molar-refractivity contribution < 1.29 is 15.0 Å². The number of rotatable bonds is 3. The average Bonchev–Trinajstić information content (AvgIpc) is 2.78. The zero-order valence-corrected chi connectivity index (χ0v) is 14.4. The number of aliphatic hydroxyl groups excluding tert-OH is 2. The van der Waals surface area contributed by atoms with Gasteiger partial charge in [0.15, 0.2) is 0 Å². The van der Waals surface area contributed by atoms with E-state index in [1.807, 2.05) is 24.3 Å². The molecule has 2 aliphatic rings. The Hall–Kier alpha value is -1.39. The molecule has 3 N–H and O–H groups in total. The van der Waals surface area contributed by atoms with E-state index in [1.54, 1.807) is 6.92 Å². The summed E-state index contributed by atoms with van der Waals surface area (Å²) in [5, 5.41) is 23.2. The van der Waals surface area contributed by atoms with Gasteiger partial charge < -0.3 is 15.5 Å². The van der Waals surface area contributed by atoms with Crippen molar-refractivity contribution in [3.05, 3.63) is 29.8 Å². The lowest BCUT2D eigenvalue weighted by Gasteiger charge is -2.40. The highest BCUT2D eigenvalue weighted by molar-refractivity contribution is 5.97. The van der Waals surface area contributed by atoms with E-state index in [2.05, 4.69) is 26.1 Å². The van der Waals surface area contributed by atoms with Gasteiger partial charge in [0.1, 0.15) is 0 Å². The van der Waals surface area contributed by atoms with E-state index in [0.717, 1.165) is 18.4 Å². The van der Waals surface area contributed by atoms with Gasteiger partial charge in [0.25, 0.3) is 0 Å². The van der Waals surface area contributed by atoms with Crippen LogP contribution in [0.4, 0.5) is 5.69 Å². The fourth-order valence-electron chi connectivity index (χ4n) is 4.76. The van der Waals surface area contributed by atoms with Crippen LogP contribution in [0, 0.1) is 16.2 Å². The zero-order valence-electron chi connectivity index (χ0n) is 14.4. The molecule has 23 heavy (non-hydrogen) atoms. The Kier molecular flexibility index (Phi) is 3.62. The van der Waals surface area contributed by atoms with Crippen LogP contribution in [0.5, 0.6) is 0 Å². The highest BCUT2D eigenvalue weighted by atomic mass is 16.3. The standard InChI is InChI=1S/C19H27NO3/c1-12(21)13-6-5-7-14(10-13)20-16(23)19-9-8-18(4,15(22)11-19)17(19,2)3/h5-7,10,12,15,21-22H,8-9,11H2,1-4H3,(H,20,23). The Morgan fingerprint density at radius 3 is 2.52 bits per heavy atom. The summed E-state index contributed by atoms with van der Waals surface area (Å²) < 4.78 is 0. The summed E-state index contributed by atoms with van der Waals surface area (Å²) in [6.07, 6.45) is 1.22. The third kappa shape index (κ3) is 2.08. The maximum absolute atomic E-state index is 13.1. The minimum absolute atomic E-state index is 0.00878. The number of benzene rings is 1. The first kappa shape index (κ1) is 16.5. The van der Waals surface area contributed by atoms with E-state index in [9.17, 15) is 15.0 Å². The van der Waals surface area contributed by atoms with Gasteiger partial charge in [-0.1, -0.05) is 32.9 Å². The number of amides is 1. The molecule has 1 aromatic carbocycles. The van der Waals surface area contributed by atoms with Gasteiger partial charge in [0.2, 0.25) is 5.91 Å². The molecule has 4 atom stereocenters. The summed E-state index contributed by atoms with van der Waals surface area (Å²) in [6, 6.07) is 7.33. The minimum atomic E-state index is -0.565. The zero-order chi connectivity index (χ0) is 17.0. The number of hydrogen-bond acceptors (Lipinski definition) is 3. The van der Waals surface area contributed by atoms with Crippen molar-refractivity contribution in [3.63, 3.8) is 0 Å². The van der Waals surface area contributed by atoms with Crippen LogP contribution in [0.3, 0.4) is 0 Å². The fraction of sp³-hybridized carbons (Fsp3) is 0.632. The number of fused-ring (bicyclic) bond motifs is 2. The third-order valence-electron chi connectivity index (χ3n) is 7.03. The normalized spacial score (nSPS) is 36.0. The smallest absolute Gasteiger partial charge is 0.231 e. The molecule has 2 aliphatic carbocycles. The summed E-state index contributed by atoms with van der Waals surface area (Å²) in [5.41, 5.74) is 0.509. The summed E-state index contributed by atoms with van der Waals surface area (Å²) in [5.74, 6) is -0.00878. The van der Waals surface area contributed by atoms with Crippen LogP contribution < -0.4 is 5.32 Å². The van der Waals surface area contributed by atoms with Crippen LogP contribution in [0.15, 0.2) is 24.3 Å². The number of hydrogen-bond donors (Lipinski definition) is 3. The third-order valence-corrected chi connectivity index (χ3v) is 7.03. The van der Waals surface area contributed by atoms with Crippen LogP contribution in [0.1, 0.15) is 58.6 Å². The van der Waals surface area contributed by atoms with Gasteiger partial charge in [-0.15, -0.1) is 0 Å². The molecule has 2 saturated carbocycles. The van der Waals surface area contributed by atoms with Crippen LogP contribution in [0.2, 0.25) is 0 Å². The molecule has 4 nitrogen and oxygen atoms in total. The SMILES string of the molecule is CC(O)c1cccc(NC(=O)C23CCC(C)(C(O)C2)C3(C)C)c1. The fourth-order valence-corrected chi connectivity index (χ4v) is 4.76. The second-order valence-corrected chi connectivity index (χ2v) is 8.10. The molecular weight excluding hydrogens is 290 g/mol. The Labute approximate surface area is 137 Å². The highest BCUT2D eigenvalue weighted by Crippen LogP contribution is 2.72. The van der Waals surface area contributed by atoms with Crippen LogP contribution >= 0.6 is 0 Å². The second kappa shape index (κ2) is 5.05. The van der Waals surface area contributed by atoms with Crippen molar-refractivity contribution in [3.8, 4) is 0 Å². The Bertz CT molecular complexity index is 639. The van der Waals surface area contributed by atoms with Crippen molar-refractivity contribution in [2.24, 2.45) is 16.2 Å². The molecule has 1 amide bonds. The van der Waals surface area contributed by atoms with Crippen LogP contribution in [-0.2, 0) is 4.79 Å². The van der Waals surface area contributed by atoms with Crippen LogP contribution in [-0.4, -0.2) is 22.2 Å². The summed E-state index contributed by atoms with van der Waals surface area (Å²) in [4.78, 5) is 13.1. The van der Waals surface area contributed by atoms with Gasteiger partial charge >= 0.3 is 0 Å². The number of carbonyl (C=O) groups excluding carboxylic acids is 1. The van der Waals surface area contributed by atoms with Gasteiger partial charge in [-0.25, -0.2) is 0 Å². The predicted octanol–water partition coefficient (Wildman–Crippen LogP) is 3.26.